The molecule has 0 aliphatic rings. The van der Waals surface area contributed by atoms with Gasteiger partial charge in [-0.25, -0.2) is 9.59 Å². The summed E-state index contributed by atoms with van der Waals surface area (Å²) in [5.41, 5.74) is 1.34. The molecule has 2 aromatic rings. The number of furan rings is 1. The van der Waals surface area contributed by atoms with Gasteiger partial charge in [-0.05, 0) is 52.3 Å². The lowest BCUT2D eigenvalue weighted by molar-refractivity contribution is -0.125. The molecule has 2 aromatic heterocycles. The van der Waals surface area contributed by atoms with Crippen LogP contribution < -0.4 is 5.32 Å². The predicted molar refractivity (Wildman–Crippen MR) is 96.4 cm³/mol. The van der Waals surface area contributed by atoms with Gasteiger partial charge in [0, 0.05) is 5.69 Å². The summed E-state index contributed by atoms with van der Waals surface area (Å²) in [6.07, 6.45) is 1.23. The number of hydrogen-bond acceptors (Lipinski definition) is 6. The van der Waals surface area contributed by atoms with Gasteiger partial charge in [0.2, 0.25) is 0 Å². The van der Waals surface area contributed by atoms with Crippen molar-refractivity contribution < 1.29 is 28.3 Å². The van der Waals surface area contributed by atoms with Crippen LogP contribution >= 0.6 is 0 Å². The third-order valence-corrected chi connectivity index (χ3v) is 3.87. The van der Waals surface area contributed by atoms with Crippen LogP contribution in [0.5, 0.6) is 0 Å². The summed E-state index contributed by atoms with van der Waals surface area (Å²) in [4.78, 5) is 39.2. The SMILES string of the molecule is Cc1[nH]c(C(=O)OCC(=O)N[C@H](C)c2ccco2)c(C)c1C(=O)OC(C)C. The molecule has 0 unspecified atom stereocenters. The fourth-order valence-corrected chi connectivity index (χ4v) is 2.63. The molecular formula is C19H24N2O6. The highest BCUT2D eigenvalue weighted by Gasteiger charge is 2.25. The number of ether oxygens (including phenoxy) is 2. The van der Waals surface area contributed by atoms with Crippen LogP contribution in [-0.4, -0.2) is 35.5 Å². The number of nitrogens with one attached hydrogen (secondary N) is 2. The molecule has 2 heterocycles. The summed E-state index contributed by atoms with van der Waals surface area (Å²) < 4.78 is 15.4. The van der Waals surface area contributed by atoms with Crippen LogP contribution in [0, 0.1) is 13.8 Å². The third-order valence-electron chi connectivity index (χ3n) is 3.87. The average Bonchev–Trinajstić information content (AvgIpc) is 3.20. The molecule has 8 heteroatoms. The molecule has 1 atom stereocenters. The summed E-state index contributed by atoms with van der Waals surface area (Å²) in [5, 5.41) is 2.67. The summed E-state index contributed by atoms with van der Waals surface area (Å²) in [5.74, 6) is -1.10. The molecular weight excluding hydrogens is 352 g/mol. The Morgan fingerprint density at radius 1 is 1.19 bits per heavy atom. The number of carbonyl (C=O) groups is 3. The highest BCUT2D eigenvalue weighted by Crippen LogP contribution is 2.20. The Balaban J connectivity index is 1.98. The lowest BCUT2D eigenvalue weighted by Gasteiger charge is -2.11. The van der Waals surface area contributed by atoms with Gasteiger partial charge in [-0.1, -0.05) is 0 Å². The zero-order chi connectivity index (χ0) is 20.1. The van der Waals surface area contributed by atoms with Gasteiger partial charge in [0.15, 0.2) is 6.61 Å². The molecule has 0 aliphatic carbocycles. The Bertz CT molecular complexity index is 820. The fraction of sp³-hybridized carbons (Fsp3) is 0.421. The van der Waals surface area contributed by atoms with Crippen molar-refractivity contribution >= 4 is 17.8 Å². The smallest absolute Gasteiger partial charge is 0.355 e. The van der Waals surface area contributed by atoms with Crippen LogP contribution in [0.15, 0.2) is 22.8 Å². The molecule has 27 heavy (non-hydrogen) atoms. The van der Waals surface area contributed by atoms with Crippen LogP contribution in [0.25, 0.3) is 0 Å². The standard InChI is InChI=1S/C19H24N2O6/c1-10(2)27-18(23)16-11(3)17(21-13(16)5)19(24)26-9-15(22)20-12(4)14-7-6-8-25-14/h6-8,10,12,21H,9H2,1-5H3,(H,20,22)/t12-/m1/s1. The molecule has 0 saturated heterocycles. The minimum atomic E-state index is -0.722. The Morgan fingerprint density at radius 2 is 1.89 bits per heavy atom. The summed E-state index contributed by atoms with van der Waals surface area (Å²) in [6.45, 7) is 8.07. The molecule has 0 aromatic carbocycles. The largest absolute Gasteiger partial charge is 0.467 e. The zero-order valence-corrected chi connectivity index (χ0v) is 16.0. The summed E-state index contributed by atoms with van der Waals surface area (Å²) >= 11 is 0. The topological polar surface area (TPSA) is 111 Å². The maximum atomic E-state index is 12.3. The quantitative estimate of drug-likeness (QED) is 0.719. The second kappa shape index (κ2) is 8.57. The van der Waals surface area contributed by atoms with Gasteiger partial charge in [0.25, 0.3) is 5.91 Å². The van der Waals surface area contributed by atoms with E-state index in [0.717, 1.165) is 0 Å². The van der Waals surface area contributed by atoms with Gasteiger partial charge >= 0.3 is 11.9 Å². The van der Waals surface area contributed by atoms with E-state index in [9.17, 15) is 14.4 Å². The number of rotatable bonds is 7. The third kappa shape index (κ3) is 4.99. The molecule has 0 spiro atoms. The molecule has 146 valence electrons. The van der Waals surface area contributed by atoms with Crippen LogP contribution in [0.4, 0.5) is 0 Å². The lowest BCUT2D eigenvalue weighted by atomic mass is 10.1. The number of esters is 2. The van der Waals surface area contributed by atoms with Crippen molar-refractivity contribution in [3.05, 3.63) is 46.7 Å². The van der Waals surface area contributed by atoms with E-state index in [2.05, 4.69) is 10.3 Å². The van der Waals surface area contributed by atoms with E-state index < -0.39 is 24.5 Å². The van der Waals surface area contributed by atoms with E-state index >= 15 is 0 Å². The number of carbonyl (C=O) groups excluding carboxylic acids is 3. The molecule has 2 N–H and O–H groups in total. The monoisotopic (exact) mass is 376 g/mol. The number of aromatic amines is 1. The first-order chi connectivity index (χ1) is 12.7. The van der Waals surface area contributed by atoms with Crippen molar-refractivity contribution in [3.8, 4) is 0 Å². The number of H-pyrrole nitrogens is 1. The van der Waals surface area contributed by atoms with Gasteiger partial charge in [-0.2, -0.15) is 0 Å². The number of aryl methyl sites for hydroxylation is 1. The van der Waals surface area contributed by atoms with Crippen molar-refractivity contribution in [2.24, 2.45) is 0 Å². The lowest BCUT2D eigenvalue weighted by Crippen LogP contribution is -2.31. The van der Waals surface area contributed by atoms with Crippen molar-refractivity contribution in [2.75, 3.05) is 6.61 Å². The summed E-state index contributed by atoms with van der Waals surface area (Å²) in [7, 11) is 0. The molecule has 0 radical (unpaired) electrons. The van der Waals surface area contributed by atoms with Gasteiger partial charge < -0.3 is 24.2 Å². The first-order valence-corrected chi connectivity index (χ1v) is 8.60. The Morgan fingerprint density at radius 3 is 2.48 bits per heavy atom. The van der Waals surface area contributed by atoms with E-state index in [1.165, 1.54) is 6.26 Å². The second-order valence-electron chi connectivity index (χ2n) is 6.46. The van der Waals surface area contributed by atoms with Gasteiger partial charge in [-0.3, -0.25) is 4.79 Å². The maximum Gasteiger partial charge on any atom is 0.355 e. The first kappa shape index (κ1) is 20.3. The molecule has 0 fully saturated rings. The van der Waals surface area contributed by atoms with Crippen LogP contribution in [0.3, 0.4) is 0 Å². The fourth-order valence-electron chi connectivity index (χ4n) is 2.63. The Labute approximate surface area is 157 Å². The van der Waals surface area contributed by atoms with Crippen molar-refractivity contribution in [1.82, 2.24) is 10.3 Å². The minimum Gasteiger partial charge on any atom is -0.467 e. The normalized spacial score (nSPS) is 11.9. The van der Waals surface area contributed by atoms with E-state index in [0.29, 0.717) is 22.6 Å². The molecule has 8 nitrogen and oxygen atoms in total. The van der Waals surface area contributed by atoms with Crippen LogP contribution in [0.1, 0.15) is 64.7 Å². The highest BCUT2D eigenvalue weighted by molar-refractivity contribution is 5.99. The zero-order valence-electron chi connectivity index (χ0n) is 16.0. The summed E-state index contributed by atoms with van der Waals surface area (Å²) in [6, 6.07) is 3.11. The number of hydrogen-bond donors (Lipinski definition) is 2. The van der Waals surface area contributed by atoms with E-state index in [4.69, 9.17) is 13.9 Å². The van der Waals surface area contributed by atoms with Crippen LogP contribution in [0.2, 0.25) is 0 Å². The Kier molecular flexibility index (Phi) is 6.44. The number of aromatic nitrogens is 1. The Hall–Kier alpha value is -3.03. The van der Waals surface area contributed by atoms with Gasteiger partial charge in [0.1, 0.15) is 11.5 Å². The second-order valence-corrected chi connectivity index (χ2v) is 6.46. The van der Waals surface area contributed by atoms with Gasteiger partial charge in [0.05, 0.1) is 24.0 Å². The molecule has 0 saturated carbocycles. The maximum absolute atomic E-state index is 12.3. The van der Waals surface area contributed by atoms with Crippen molar-refractivity contribution in [2.45, 2.75) is 46.8 Å². The molecule has 2 rings (SSSR count). The predicted octanol–water partition coefficient (Wildman–Crippen LogP) is 2.82. The number of amides is 1. The first-order valence-electron chi connectivity index (χ1n) is 8.60. The van der Waals surface area contributed by atoms with Crippen molar-refractivity contribution in [1.29, 1.82) is 0 Å². The molecule has 0 bridgehead atoms. The minimum absolute atomic E-state index is 0.120. The van der Waals surface area contributed by atoms with E-state index in [1.54, 1.807) is 46.8 Å². The van der Waals surface area contributed by atoms with Crippen LogP contribution in [-0.2, 0) is 14.3 Å². The molecule has 0 aliphatic heterocycles. The highest BCUT2D eigenvalue weighted by atomic mass is 16.5. The van der Waals surface area contributed by atoms with E-state index in [-0.39, 0.29) is 17.8 Å². The van der Waals surface area contributed by atoms with E-state index in [1.807, 2.05) is 0 Å². The van der Waals surface area contributed by atoms with Crippen molar-refractivity contribution in [3.63, 3.8) is 0 Å². The van der Waals surface area contributed by atoms with Gasteiger partial charge in [-0.15, -0.1) is 0 Å². The average molecular weight is 376 g/mol. The molecule has 1 amide bonds.